The van der Waals surface area contributed by atoms with E-state index in [4.69, 9.17) is 4.74 Å². The lowest BCUT2D eigenvalue weighted by atomic mass is 10.2. The summed E-state index contributed by atoms with van der Waals surface area (Å²) >= 11 is 0. The van der Waals surface area contributed by atoms with Gasteiger partial charge in [-0.3, -0.25) is 0 Å². The Morgan fingerprint density at radius 1 is 1.27 bits per heavy atom. The number of benzene rings is 1. The molecule has 0 aliphatic carbocycles. The van der Waals surface area contributed by atoms with Gasteiger partial charge in [-0.25, -0.2) is 0 Å². The summed E-state index contributed by atoms with van der Waals surface area (Å²) in [5, 5.41) is 9.28. The fourth-order valence-corrected chi connectivity index (χ4v) is 1.05. The topological polar surface area (TPSA) is 29.5 Å². The van der Waals surface area contributed by atoms with E-state index >= 15 is 0 Å². The normalized spacial score (nSPS) is 11.9. The summed E-state index contributed by atoms with van der Waals surface area (Å²) in [7, 11) is 0. The summed E-state index contributed by atoms with van der Waals surface area (Å²) in [5.74, 6) is -0.448. The molecule has 15 heavy (non-hydrogen) atoms. The number of rotatable bonds is 2. The molecule has 0 fully saturated rings. The predicted octanol–water partition coefficient (Wildman–Crippen LogP) is 3.20. The zero-order valence-electron chi connectivity index (χ0n) is 8.30. The van der Waals surface area contributed by atoms with Crippen LogP contribution in [0.2, 0.25) is 0 Å². The average molecular weight is 220 g/mol. The highest BCUT2D eigenvalue weighted by Crippen LogP contribution is 2.35. The van der Waals surface area contributed by atoms with E-state index in [9.17, 15) is 18.3 Å². The van der Waals surface area contributed by atoms with Gasteiger partial charge in [-0.2, -0.15) is 13.2 Å². The molecule has 0 bridgehead atoms. The highest BCUT2D eigenvalue weighted by molar-refractivity contribution is 5.42. The maximum atomic E-state index is 12.2. The van der Waals surface area contributed by atoms with Crippen LogP contribution in [-0.2, 0) is 6.18 Å². The molecule has 1 rings (SSSR count). The van der Waals surface area contributed by atoms with E-state index in [1.54, 1.807) is 13.8 Å². The number of hydrogen-bond donors (Lipinski definition) is 1. The van der Waals surface area contributed by atoms with Crippen LogP contribution in [0.25, 0.3) is 0 Å². The Hall–Kier alpha value is -1.39. The first-order valence-corrected chi connectivity index (χ1v) is 4.37. The van der Waals surface area contributed by atoms with E-state index in [0.717, 1.165) is 12.1 Å². The van der Waals surface area contributed by atoms with Crippen LogP contribution in [0.3, 0.4) is 0 Å². The number of ether oxygens (including phenoxy) is 1. The van der Waals surface area contributed by atoms with Gasteiger partial charge in [0.25, 0.3) is 0 Å². The number of alkyl halides is 3. The summed E-state index contributed by atoms with van der Waals surface area (Å²) in [6.07, 6.45) is -4.65. The van der Waals surface area contributed by atoms with Crippen molar-refractivity contribution in [2.24, 2.45) is 0 Å². The third kappa shape index (κ3) is 3.04. The number of halogens is 3. The SMILES string of the molecule is CC(C)Oc1ccc(C(F)(F)F)cc1O. The molecule has 0 aromatic heterocycles. The minimum atomic E-state index is -4.45. The first kappa shape index (κ1) is 11.7. The summed E-state index contributed by atoms with van der Waals surface area (Å²) in [6.45, 7) is 3.44. The molecule has 0 saturated heterocycles. The van der Waals surface area contributed by atoms with Crippen molar-refractivity contribution in [2.75, 3.05) is 0 Å². The molecule has 0 saturated carbocycles. The summed E-state index contributed by atoms with van der Waals surface area (Å²) in [4.78, 5) is 0. The average Bonchev–Trinajstić information content (AvgIpc) is 2.05. The van der Waals surface area contributed by atoms with Crippen molar-refractivity contribution in [3.05, 3.63) is 23.8 Å². The fraction of sp³-hybridized carbons (Fsp3) is 0.400. The number of phenols is 1. The van der Waals surface area contributed by atoms with Crippen molar-refractivity contribution < 1.29 is 23.0 Å². The van der Waals surface area contributed by atoms with E-state index < -0.39 is 17.5 Å². The quantitative estimate of drug-likeness (QED) is 0.829. The fourth-order valence-electron chi connectivity index (χ4n) is 1.05. The zero-order valence-corrected chi connectivity index (χ0v) is 8.30. The summed E-state index contributed by atoms with van der Waals surface area (Å²) in [5.41, 5.74) is -0.892. The highest BCUT2D eigenvalue weighted by atomic mass is 19.4. The Morgan fingerprint density at radius 2 is 1.87 bits per heavy atom. The molecule has 0 aliphatic rings. The first-order valence-electron chi connectivity index (χ1n) is 4.37. The van der Waals surface area contributed by atoms with Crippen LogP contribution < -0.4 is 4.74 Å². The van der Waals surface area contributed by atoms with Crippen molar-refractivity contribution in [3.63, 3.8) is 0 Å². The van der Waals surface area contributed by atoms with Gasteiger partial charge in [-0.05, 0) is 32.0 Å². The van der Waals surface area contributed by atoms with Crippen LogP contribution in [0.5, 0.6) is 11.5 Å². The second kappa shape index (κ2) is 4.00. The highest BCUT2D eigenvalue weighted by Gasteiger charge is 2.31. The van der Waals surface area contributed by atoms with Crippen molar-refractivity contribution in [2.45, 2.75) is 26.1 Å². The third-order valence-corrected chi connectivity index (χ3v) is 1.65. The lowest BCUT2D eigenvalue weighted by Gasteiger charge is -2.13. The maximum Gasteiger partial charge on any atom is 0.416 e. The largest absolute Gasteiger partial charge is 0.504 e. The minimum Gasteiger partial charge on any atom is -0.504 e. The summed E-state index contributed by atoms with van der Waals surface area (Å²) < 4.78 is 41.7. The molecule has 0 atom stereocenters. The van der Waals surface area contributed by atoms with Gasteiger partial charge < -0.3 is 9.84 Å². The van der Waals surface area contributed by atoms with Gasteiger partial charge in [0, 0.05) is 0 Å². The molecule has 0 aliphatic heterocycles. The van der Waals surface area contributed by atoms with Gasteiger partial charge in [0.15, 0.2) is 11.5 Å². The van der Waals surface area contributed by atoms with Crippen molar-refractivity contribution in [1.29, 1.82) is 0 Å². The third-order valence-electron chi connectivity index (χ3n) is 1.65. The zero-order chi connectivity index (χ0) is 11.6. The van der Waals surface area contributed by atoms with Gasteiger partial charge in [0.05, 0.1) is 11.7 Å². The molecular weight excluding hydrogens is 209 g/mol. The molecule has 0 radical (unpaired) electrons. The number of phenolic OH excluding ortho intramolecular Hbond substituents is 1. The van der Waals surface area contributed by atoms with Crippen LogP contribution in [0, 0.1) is 0 Å². The van der Waals surface area contributed by atoms with Gasteiger partial charge in [0.2, 0.25) is 0 Å². The summed E-state index contributed by atoms with van der Waals surface area (Å²) in [6, 6.07) is 2.63. The van der Waals surface area contributed by atoms with Gasteiger partial charge in [0.1, 0.15) is 0 Å². The number of hydrogen-bond acceptors (Lipinski definition) is 2. The van der Waals surface area contributed by atoms with E-state index in [0.29, 0.717) is 6.07 Å². The molecule has 84 valence electrons. The van der Waals surface area contributed by atoms with E-state index in [2.05, 4.69) is 0 Å². The smallest absolute Gasteiger partial charge is 0.416 e. The van der Waals surface area contributed by atoms with Gasteiger partial charge in [-0.1, -0.05) is 0 Å². The predicted molar refractivity (Wildman–Crippen MR) is 48.9 cm³/mol. The molecule has 5 heteroatoms. The van der Waals surface area contributed by atoms with Crippen LogP contribution in [0.15, 0.2) is 18.2 Å². The Bertz CT molecular complexity index is 345. The van der Waals surface area contributed by atoms with E-state index in [1.807, 2.05) is 0 Å². The van der Waals surface area contributed by atoms with Crippen molar-refractivity contribution in [1.82, 2.24) is 0 Å². The van der Waals surface area contributed by atoms with Crippen LogP contribution in [-0.4, -0.2) is 11.2 Å². The van der Waals surface area contributed by atoms with E-state index in [1.165, 1.54) is 0 Å². The van der Waals surface area contributed by atoms with Crippen molar-refractivity contribution in [3.8, 4) is 11.5 Å². The standard InChI is InChI=1S/C10H11F3O2/c1-6(2)15-9-4-3-7(5-8(9)14)10(11,12)13/h3-6,14H,1-2H3. The second-order valence-electron chi connectivity index (χ2n) is 3.35. The van der Waals surface area contributed by atoms with Gasteiger partial charge >= 0.3 is 6.18 Å². The van der Waals surface area contributed by atoms with Crippen LogP contribution in [0.1, 0.15) is 19.4 Å². The molecule has 1 N–H and O–H groups in total. The molecule has 1 aromatic rings. The van der Waals surface area contributed by atoms with E-state index in [-0.39, 0.29) is 11.9 Å². The number of aromatic hydroxyl groups is 1. The molecule has 0 amide bonds. The van der Waals surface area contributed by atoms with Crippen LogP contribution >= 0.6 is 0 Å². The molecule has 2 nitrogen and oxygen atoms in total. The molecular formula is C10H11F3O2. The molecule has 0 unspecified atom stereocenters. The lowest BCUT2D eigenvalue weighted by molar-refractivity contribution is -0.137. The Labute approximate surface area is 85.3 Å². The van der Waals surface area contributed by atoms with Crippen LogP contribution in [0.4, 0.5) is 13.2 Å². The Balaban J connectivity index is 2.98. The van der Waals surface area contributed by atoms with Gasteiger partial charge in [-0.15, -0.1) is 0 Å². The molecule has 1 aromatic carbocycles. The molecule has 0 heterocycles. The monoisotopic (exact) mass is 220 g/mol. The Kier molecular flexibility index (Phi) is 3.12. The second-order valence-corrected chi connectivity index (χ2v) is 3.35. The Morgan fingerprint density at radius 3 is 2.27 bits per heavy atom. The van der Waals surface area contributed by atoms with Crippen molar-refractivity contribution >= 4 is 0 Å². The minimum absolute atomic E-state index is 0.0537. The lowest BCUT2D eigenvalue weighted by Crippen LogP contribution is -2.07. The molecule has 0 spiro atoms. The maximum absolute atomic E-state index is 12.2. The first-order chi connectivity index (χ1) is 6.80.